The van der Waals surface area contributed by atoms with Gasteiger partial charge in [-0.2, -0.15) is 0 Å². The summed E-state index contributed by atoms with van der Waals surface area (Å²) in [6.45, 7) is 5.21. The topological polar surface area (TPSA) is 59.1 Å². The van der Waals surface area contributed by atoms with E-state index in [0.717, 1.165) is 0 Å². The fraction of sp³-hybridized carbons (Fsp3) is 0.833. The molecule has 1 saturated heterocycles. The van der Waals surface area contributed by atoms with Crippen molar-refractivity contribution in [1.29, 1.82) is 0 Å². The molecular weight excluding hydrogens is 236 g/mol. The number of hydrogen-bond acceptors (Lipinski definition) is 4. The van der Waals surface area contributed by atoms with Crippen LogP contribution in [-0.2, 0) is 19.1 Å². The Kier molecular flexibility index (Phi) is 5.10. The number of carbonyl (C=O) groups excluding carboxylic acids is 2. The normalized spacial score (nSPS) is 16.6. The third-order valence-electron chi connectivity index (χ3n) is 3.07. The van der Waals surface area contributed by atoms with E-state index < -0.39 is 5.60 Å². The van der Waals surface area contributed by atoms with Crippen molar-refractivity contribution in [2.24, 2.45) is 0 Å². The lowest BCUT2D eigenvalue weighted by Gasteiger charge is -2.25. The summed E-state index contributed by atoms with van der Waals surface area (Å²) in [7, 11) is 3.16. The van der Waals surface area contributed by atoms with Crippen molar-refractivity contribution in [2.45, 2.75) is 25.9 Å². The first-order chi connectivity index (χ1) is 8.39. The lowest BCUT2D eigenvalue weighted by Crippen LogP contribution is -2.37. The van der Waals surface area contributed by atoms with Crippen molar-refractivity contribution >= 4 is 11.8 Å². The number of amides is 2. The van der Waals surface area contributed by atoms with Gasteiger partial charge in [0.25, 0.3) is 0 Å². The minimum atomic E-state index is -0.500. The fourth-order valence-electron chi connectivity index (χ4n) is 1.71. The van der Waals surface area contributed by atoms with Crippen LogP contribution < -0.4 is 0 Å². The Morgan fingerprint density at radius 1 is 1.39 bits per heavy atom. The smallest absolute Gasteiger partial charge is 0.243 e. The minimum Gasteiger partial charge on any atom is -0.383 e. The molecule has 0 atom stereocenters. The van der Waals surface area contributed by atoms with Gasteiger partial charge in [-0.3, -0.25) is 9.59 Å². The summed E-state index contributed by atoms with van der Waals surface area (Å²) in [5.74, 6) is -0.0919. The standard InChI is InChI=1S/C12H22N2O4/c1-12(2,18-4)7-10(15)14-8-11(16)13(9-14)5-6-17-3/h5-9H2,1-4H3. The number of hydrogen-bond donors (Lipinski definition) is 0. The maximum absolute atomic E-state index is 12.0. The molecule has 0 aliphatic carbocycles. The highest BCUT2D eigenvalue weighted by atomic mass is 16.5. The van der Waals surface area contributed by atoms with Gasteiger partial charge in [-0.05, 0) is 13.8 Å². The van der Waals surface area contributed by atoms with E-state index in [-0.39, 0.29) is 24.8 Å². The first kappa shape index (κ1) is 14.9. The van der Waals surface area contributed by atoms with Gasteiger partial charge < -0.3 is 19.3 Å². The molecule has 0 aromatic carbocycles. The molecule has 1 aliphatic heterocycles. The van der Waals surface area contributed by atoms with Crippen molar-refractivity contribution in [3.8, 4) is 0 Å². The first-order valence-electron chi connectivity index (χ1n) is 5.99. The van der Waals surface area contributed by atoms with Gasteiger partial charge in [0.15, 0.2) is 0 Å². The molecule has 0 spiro atoms. The molecule has 1 fully saturated rings. The zero-order valence-electron chi connectivity index (χ0n) is 11.6. The fourth-order valence-corrected chi connectivity index (χ4v) is 1.71. The van der Waals surface area contributed by atoms with Crippen LogP contribution in [0.25, 0.3) is 0 Å². The van der Waals surface area contributed by atoms with Crippen LogP contribution in [-0.4, -0.2) is 67.8 Å². The van der Waals surface area contributed by atoms with Crippen LogP contribution in [0.1, 0.15) is 20.3 Å². The zero-order chi connectivity index (χ0) is 13.8. The molecule has 1 rings (SSSR count). The molecule has 0 aromatic heterocycles. The average molecular weight is 258 g/mol. The predicted molar refractivity (Wildman–Crippen MR) is 65.9 cm³/mol. The van der Waals surface area contributed by atoms with E-state index in [0.29, 0.717) is 19.8 Å². The molecule has 0 N–H and O–H groups in total. The van der Waals surface area contributed by atoms with E-state index in [9.17, 15) is 9.59 Å². The van der Waals surface area contributed by atoms with Crippen molar-refractivity contribution in [3.63, 3.8) is 0 Å². The van der Waals surface area contributed by atoms with Crippen molar-refractivity contribution in [2.75, 3.05) is 40.6 Å². The van der Waals surface area contributed by atoms with Gasteiger partial charge in [0.2, 0.25) is 11.8 Å². The van der Waals surface area contributed by atoms with Crippen molar-refractivity contribution in [3.05, 3.63) is 0 Å². The van der Waals surface area contributed by atoms with Gasteiger partial charge in [0, 0.05) is 20.8 Å². The molecule has 18 heavy (non-hydrogen) atoms. The van der Waals surface area contributed by atoms with Gasteiger partial charge in [-0.25, -0.2) is 0 Å². The Balaban J connectivity index is 2.49. The molecule has 1 heterocycles. The molecule has 6 nitrogen and oxygen atoms in total. The van der Waals surface area contributed by atoms with Gasteiger partial charge in [0.1, 0.15) is 6.54 Å². The maximum Gasteiger partial charge on any atom is 0.243 e. The summed E-state index contributed by atoms with van der Waals surface area (Å²) >= 11 is 0. The molecule has 104 valence electrons. The highest BCUT2D eigenvalue weighted by Gasteiger charge is 2.33. The maximum atomic E-state index is 12.0. The quantitative estimate of drug-likeness (QED) is 0.677. The summed E-state index contributed by atoms with van der Waals surface area (Å²) < 4.78 is 10.1. The Morgan fingerprint density at radius 3 is 2.61 bits per heavy atom. The third kappa shape index (κ3) is 3.96. The molecule has 0 bridgehead atoms. The first-order valence-corrected chi connectivity index (χ1v) is 5.99. The summed E-state index contributed by atoms with van der Waals surface area (Å²) in [5, 5.41) is 0. The van der Waals surface area contributed by atoms with Gasteiger partial charge in [0.05, 0.1) is 25.3 Å². The lowest BCUT2D eigenvalue weighted by atomic mass is 10.0. The van der Waals surface area contributed by atoms with Gasteiger partial charge in [-0.15, -0.1) is 0 Å². The highest BCUT2D eigenvalue weighted by Crippen LogP contribution is 2.17. The van der Waals surface area contributed by atoms with Crippen LogP contribution in [0.15, 0.2) is 0 Å². The molecule has 6 heteroatoms. The molecule has 2 amide bonds. The zero-order valence-corrected chi connectivity index (χ0v) is 11.6. The summed E-state index contributed by atoms with van der Waals surface area (Å²) in [5.41, 5.74) is -0.500. The van der Waals surface area contributed by atoms with Gasteiger partial charge >= 0.3 is 0 Å². The van der Waals surface area contributed by atoms with Crippen molar-refractivity contribution in [1.82, 2.24) is 9.80 Å². The molecule has 1 aliphatic rings. The van der Waals surface area contributed by atoms with E-state index in [2.05, 4.69) is 0 Å². The second-order valence-corrected chi connectivity index (χ2v) is 5.02. The number of methoxy groups -OCH3 is 2. The summed E-state index contributed by atoms with van der Waals surface area (Å²) in [6.07, 6.45) is 0.273. The minimum absolute atomic E-state index is 0.0318. The van der Waals surface area contributed by atoms with E-state index in [1.807, 2.05) is 13.8 Å². The molecule has 0 unspecified atom stereocenters. The van der Waals surface area contributed by atoms with E-state index in [4.69, 9.17) is 9.47 Å². The highest BCUT2D eigenvalue weighted by molar-refractivity contribution is 5.88. The van der Waals surface area contributed by atoms with Crippen LogP contribution in [0.5, 0.6) is 0 Å². The Morgan fingerprint density at radius 2 is 2.06 bits per heavy atom. The Labute approximate surface area is 108 Å². The van der Waals surface area contributed by atoms with Crippen LogP contribution in [0.2, 0.25) is 0 Å². The largest absolute Gasteiger partial charge is 0.383 e. The average Bonchev–Trinajstić information content (AvgIpc) is 2.68. The van der Waals surface area contributed by atoms with Crippen LogP contribution in [0.3, 0.4) is 0 Å². The van der Waals surface area contributed by atoms with Crippen LogP contribution in [0.4, 0.5) is 0 Å². The van der Waals surface area contributed by atoms with Gasteiger partial charge in [-0.1, -0.05) is 0 Å². The number of rotatable bonds is 6. The van der Waals surface area contributed by atoms with Crippen LogP contribution in [0, 0.1) is 0 Å². The SMILES string of the molecule is COCCN1CN(C(=O)CC(C)(C)OC)CC1=O. The lowest BCUT2D eigenvalue weighted by molar-refractivity contribution is -0.136. The predicted octanol–water partition coefficient (Wildman–Crippen LogP) is 0.0762. The second-order valence-electron chi connectivity index (χ2n) is 5.02. The summed E-state index contributed by atoms with van der Waals surface area (Å²) in [4.78, 5) is 26.9. The van der Waals surface area contributed by atoms with E-state index >= 15 is 0 Å². The molecule has 0 aromatic rings. The summed E-state index contributed by atoms with van der Waals surface area (Å²) in [6, 6.07) is 0. The number of carbonyl (C=O) groups is 2. The number of nitrogens with zero attached hydrogens (tertiary/aromatic N) is 2. The Hall–Kier alpha value is -1.14. The van der Waals surface area contributed by atoms with Crippen LogP contribution >= 0.6 is 0 Å². The second kappa shape index (κ2) is 6.15. The van der Waals surface area contributed by atoms with E-state index in [1.54, 1.807) is 24.0 Å². The third-order valence-corrected chi connectivity index (χ3v) is 3.07. The molecule has 0 saturated carbocycles. The number of ether oxygens (including phenoxy) is 2. The Bertz CT molecular complexity index is 317. The molecular formula is C12H22N2O4. The van der Waals surface area contributed by atoms with E-state index in [1.165, 1.54) is 0 Å². The molecule has 0 radical (unpaired) electrons. The van der Waals surface area contributed by atoms with Crippen molar-refractivity contribution < 1.29 is 19.1 Å². The monoisotopic (exact) mass is 258 g/mol.